The van der Waals surface area contributed by atoms with Crippen LogP contribution in [0.1, 0.15) is 26.3 Å². The van der Waals surface area contributed by atoms with E-state index < -0.39 is 35.2 Å². The molecule has 0 spiro atoms. The summed E-state index contributed by atoms with van der Waals surface area (Å²) >= 11 is 0.687. The average molecular weight is 477 g/mol. The molecule has 2 aromatic carbocycles. The van der Waals surface area contributed by atoms with Gasteiger partial charge in [0.15, 0.2) is 11.5 Å². The maximum absolute atomic E-state index is 13.7. The van der Waals surface area contributed by atoms with Gasteiger partial charge in [0, 0.05) is 6.07 Å². The maximum atomic E-state index is 13.7. The molecule has 174 valence electrons. The van der Waals surface area contributed by atoms with Crippen LogP contribution in [0.4, 0.5) is 19.3 Å². The molecule has 0 radical (unpaired) electrons. The van der Waals surface area contributed by atoms with Crippen LogP contribution in [0, 0.1) is 11.6 Å². The van der Waals surface area contributed by atoms with E-state index in [1.807, 2.05) is 20.8 Å². The number of halogens is 2. The lowest BCUT2D eigenvalue weighted by atomic mass is 10.1. The van der Waals surface area contributed by atoms with Gasteiger partial charge in [-0.1, -0.05) is 6.07 Å². The molecule has 0 saturated carbocycles. The second-order valence-corrected chi connectivity index (χ2v) is 8.24. The van der Waals surface area contributed by atoms with Crippen molar-refractivity contribution in [1.82, 2.24) is 4.90 Å². The number of nitrogens with one attached hydrogen (secondary N) is 1. The molecule has 0 aliphatic carbocycles. The molecule has 1 aliphatic heterocycles. The number of amides is 3. The van der Waals surface area contributed by atoms with Crippen LogP contribution in [0.25, 0.3) is 6.08 Å². The third-order valence-electron chi connectivity index (χ3n) is 4.31. The number of carbonyl (C=O) groups is 3. The SMILES string of the molecule is CCOc1cc(/C=C2/SC(=O)N(CC(=O)Nc3ccc(F)cc3F)C2=O)ccc1OC(C)C. The molecule has 0 aromatic heterocycles. The van der Waals surface area contributed by atoms with Gasteiger partial charge >= 0.3 is 0 Å². The number of thioether (sulfide) groups is 1. The molecule has 0 unspecified atom stereocenters. The topological polar surface area (TPSA) is 84.9 Å². The molecule has 2 aromatic rings. The Morgan fingerprint density at radius 2 is 1.91 bits per heavy atom. The molecule has 7 nitrogen and oxygen atoms in total. The summed E-state index contributed by atoms with van der Waals surface area (Å²) in [5, 5.41) is 1.59. The predicted molar refractivity (Wildman–Crippen MR) is 121 cm³/mol. The van der Waals surface area contributed by atoms with Crippen molar-refractivity contribution in [3.63, 3.8) is 0 Å². The molecule has 1 saturated heterocycles. The first-order chi connectivity index (χ1) is 15.7. The van der Waals surface area contributed by atoms with Gasteiger partial charge in [0.25, 0.3) is 11.1 Å². The largest absolute Gasteiger partial charge is 0.490 e. The number of hydrogen-bond donors (Lipinski definition) is 1. The van der Waals surface area contributed by atoms with E-state index in [1.165, 1.54) is 6.08 Å². The average Bonchev–Trinajstić information content (AvgIpc) is 2.99. The van der Waals surface area contributed by atoms with Crippen LogP contribution in [0.3, 0.4) is 0 Å². The van der Waals surface area contributed by atoms with Crippen molar-refractivity contribution in [2.45, 2.75) is 26.9 Å². The number of nitrogens with zero attached hydrogens (tertiary/aromatic N) is 1. The first kappa shape index (κ1) is 24.2. The summed E-state index contributed by atoms with van der Waals surface area (Å²) in [6, 6.07) is 7.78. The third kappa shape index (κ3) is 6.10. The van der Waals surface area contributed by atoms with E-state index in [4.69, 9.17) is 9.47 Å². The Morgan fingerprint density at radius 3 is 2.58 bits per heavy atom. The molecule has 1 aliphatic rings. The van der Waals surface area contributed by atoms with Gasteiger partial charge in [-0.05, 0) is 68.4 Å². The Morgan fingerprint density at radius 1 is 1.15 bits per heavy atom. The Labute approximate surface area is 193 Å². The quantitative estimate of drug-likeness (QED) is 0.550. The number of anilines is 1. The second kappa shape index (κ2) is 10.5. The molecule has 1 fully saturated rings. The number of ether oxygens (including phenoxy) is 2. The highest BCUT2D eigenvalue weighted by molar-refractivity contribution is 8.18. The smallest absolute Gasteiger partial charge is 0.294 e. The van der Waals surface area contributed by atoms with E-state index >= 15 is 0 Å². The van der Waals surface area contributed by atoms with Crippen molar-refractivity contribution in [2.75, 3.05) is 18.5 Å². The summed E-state index contributed by atoms with van der Waals surface area (Å²) in [6.07, 6.45) is 1.46. The van der Waals surface area contributed by atoms with E-state index in [1.54, 1.807) is 18.2 Å². The van der Waals surface area contributed by atoms with Crippen molar-refractivity contribution in [2.24, 2.45) is 0 Å². The molecular weight excluding hydrogens is 454 g/mol. The number of rotatable bonds is 8. The van der Waals surface area contributed by atoms with Crippen molar-refractivity contribution in [1.29, 1.82) is 0 Å². The van der Waals surface area contributed by atoms with E-state index in [2.05, 4.69) is 5.32 Å². The highest BCUT2D eigenvalue weighted by atomic mass is 32.2. The molecular formula is C23H22F2N2O5S. The molecule has 33 heavy (non-hydrogen) atoms. The van der Waals surface area contributed by atoms with Gasteiger partial charge in [-0.15, -0.1) is 0 Å². The summed E-state index contributed by atoms with van der Waals surface area (Å²) < 4.78 is 38.1. The van der Waals surface area contributed by atoms with Crippen molar-refractivity contribution in [3.05, 3.63) is 58.5 Å². The number of hydrogen-bond acceptors (Lipinski definition) is 6. The van der Waals surface area contributed by atoms with Gasteiger partial charge in [-0.25, -0.2) is 8.78 Å². The van der Waals surface area contributed by atoms with E-state index in [0.29, 0.717) is 41.5 Å². The number of carbonyl (C=O) groups excluding carboxylic acids is 3. The maximum Gasteiger partial charge on any atom is 0.294 e. The zero-order valence-electron chi connectivity index (χ0n) is 18.2. The minimum Gasteiger partial charge on any atom is -0.490 e. The Hall–Kier alpha value is -3.40. The highest BCUT2D eigenvalue weighted by Gasteiger charge is 2.36. The van der Waals surface area contributed by atoms with Gasteiger partial charge < -0.3 is 14.8 Å². The van der Waals surface area contributed by atoms with Gasteiger partial charge in [0.1, 0.15) is 18.2 Å². The van der Waals surface area contributed by atoms with Gasteiger partial charge in [-0.2, -0.15) is 0 Å². The summed E-state index contributed by atoms with van der Waals surface area (Å²) in [5.41, 5.74) is 0.356. The minimum atomic E-state index is -0.965. The predicted octanol–water partition coefficient (Wildman–Crippen LogP) is 4.83. The number of benzene rings is 2. The lowest BCUT2D eigenvalue weighted by Gasteiger charge is -2.15. The van der Waals surface area contributed by atoms with E-state index in [-0.39, 0.29) is 16.7 Å². The van der Waals surface area contributed by atoms with Crippen LogP contribution in [0.2, 0.25) is 0 Å². The molecule has 10 heteroatoms. The van der Waals surface area contributed by atoms with Crippen molar-refractivity contribution in [3.8, 4) is 11.5 Å². The monoisotopic (exact) mass is 476 g/mol. The molecule has 3 amide bonds. The van der Waals surface area contributed by atoms with Crippen LogP contribution < -0.4 is 14.8 Å². The fourth-order valence-electron chi connectivity index (χ4n) is 2.95. The van der Waals surface area contributed by atoms with Crippen molar-refractivity contribution < 1.29 is 32.6 Å². The van der Waals surface area contributed by atoms with E-state index in [9.17, 15) is 23.2 Å². The van der Waals surface area contributed by atoms with Crippen LogP contribution in [0.5, 0.6) is 11.5 Å². The number of imide groups is 1. The standard InChI is InChI=1S/C23H22F2N2O5S/c1-4-31-19-9-14(5-8-18(19)32-13(2)3)10-20-22(29)27(23(30)33-20)12-21(28)26-17-7-6-15(24)11-16(17)25/h5-11,13H,4,12H2,1-3H3,(H,26,28)/b20-10+. The summed E-state index contributed by atoms with van der Waals surface area (Å²) in [6.45, 7) is 5.42. The lowest BCUT2D eigenvalue weighted by molar-refractivity contribution is -0.127. The normalized spacial score (nSPS) is 14.8. The third-order valence-corrected chi connectivity index (χ3v) is 5.22. The summed E-state index contributed by atoms with van der Waals surface area (Å²) in [7, 11) is 0. The minimum absolute atomic E-state index is 0.0545. The zero-order valence-corrected chi connectivity index (χ0v) is 19.0. The Kier molecular flexibility index (Phi) is 7.70. The van der Waals surface area contributed by atoms with Crippen LogP contribution in [-0.4, -0.2) is 41.2 Å². The molecule has 0 bridgehead atoms. The molecule has 1 N–H and O–H groups in total. The first-order valence-corrected chi connectivity index (χ1v) is 10.9. The summed E-state index contributed by atoms with van der Waals surface area (Å²) in [4.78, 5) is 38.1. The van der Waals surface area contributed by atoms with Crippen LogP contribution >= 0.6 is 11.8 Å². The second-order valence-electron chi connectivity index (χ2n) is 7.25. The van der Waals surface area contributed by atoms with Crippen LogP contribution in [0.15, 0.2) is 41.3 Å². The lowest BCUT2D eigenvalue weighted by Crippen LogP contribution is -2.36. The van der Waals surface area contributed by atoms with Crippen molar-refractivity contribution >= 4 is 40.6 Å². The van der Waals surface area contributed by atoms with Gasteiger partial charge in [0.05, 0.1) is 23.3 Å². The Bertz CT molecular complexity index is 1120. The highest BCUT2D eigenvalue weighted by Crippen LogP contribution is 2.35. The van der Waals surface area contributed by atoms with E-state index in [0.717, 1.165) is 17.0 Å². The molecule has 0 atom stereocenters. The van der Waals surface area contributed by atoms with Crippen LogP contribution in [-0.2, 0) is 9.59 Å². The fourth-order valence-corrected chi connectivity index (χ4v) is 3.78. The summed E-state index contributed by atoms with van der Waals surface area (Å²) in [5.74, 6) is -2.15. The fraction of sp³-hybridized carbons (Fsp3) is 0.261. The molecule has 1 heterocycles. The zero-order chi connectivity index (χ0) is 24.1. The van der Waals surface area contributed by atoms with Gasteiger partial charge in [-0.3, -0.25) is 19.3 Å². The Balaban J connectivity index is 1.73. The van der Waals surface area contributed by atoms with Gasteiger partial charge in [0.2, 0.25) is 5.91 Å². The first-order valence-electron chi connectivity index (χ1n) is 10.1. The molecule has 3 rings (SSSR count).